The summed E-state index contributed by atoms with van der Waals surface area (Å²) in [5, 5.41) is 6.32. The molecule has 1 heterocycles. The third-order valence-electron chi connectivity index (χ3n) is 4.21. The van der Waals surface area contributed by atoms with Crippen molar-refractivity contribution in [3.8, 4) is 0 Å². The number of piperazine rings is 1. The van der Waals surface area contributed by atoms with Gasteiger partial charge in [0.1, 0.15) is 0 Å². The molecule has 0 radical (unpaired) electrons. The van der Waals surface area contributed by atoms with Crippen molar-refractivity contribution in [3.63, 3.8) is 0 Å². The topological polar surface area (TPSA) is 60.0 Å². The van der Waals surface area contributed by atoms with Gasteiger partial charge in [0.25, 0.3) is 0 Å². The molecular weight excluding hydrogens is 302 g/mol. The van der Waals surface area contributed by atoms with E-state index in [2.05, 4.69) is 39.6 Å². The van der Waals surface area contributed by atoms with Gasteiger partial charge in [-0.25, -0.2) is 0 Å². The number of guanidine groups is 1. The zero-order valence-corrected chi connectivity index (χ0v) is 14.8. The molecule has 1 saturated heterocycles. The lowest BCUT2D eigenvalue weighted by atomic mass is 10.2. The zero-order chi connectivity index (χ0) is 17.2. The molecule has 0 unspecified atom stereocenters. The number of anilines is 1. The maximum atomic E-state index is 12.4. The maximum Gasteiger partial charge on any atom is 0.242 e. The fourth-order valence-corrected chi connectivity index (χ4v) is 2.73. The summed E-state index contributed by atoms with van der Waals surface area (Å²) in [6, 6.07) is 10.4. The van der Waals surface area contributed by atoms with E-state index in [9.17, 15) is 4.79 Å². The number of carbonyl (C=O) groups is 1. The first-order valence-corrected chi connectivity index (χ1v) is 8.77. The molecule has 1 amide bonds. The van der Waals surface area contributed by atoms with Crippen LogP contribution in [0.4, 0.5) is 5.69 Å². The van der Waals surface area contributed by atoms with Crippen molar-refractivity contribution in [1.29, 1.82) is 0 Å². The number of unbranched alkanes of at least 4 members (excludes halogenated alkanes) is 1. The summed E-state index contributed by atoms with van der Waals surface area (Å²) in [5.74, 6) is 0.820. The van der Waals surface area contributed by atoms with Crippen LogP contribution in [0.2, 0.25) is 0 Å². The summed E-state index contributed by atoms with van der Waals surface area (Å²) in [7, 11) is 1.73. The molecule has 1 aliphatic heterocycles. The SMILES string of the molecule is CCCCNC(=NC)NCC(=O)N1CCN(c2ccccc2)CC1. The molecule has 2 N–H and O–H groups in total. The maximum absolute atomic E-state index is 12.4. The second-order valence-corrected chi connectivity index (χ2v) is 5.91. The predicted molar refractivity (Wildman–Crippen MR) is 99.5 cm³/mol. The van der Waals surface area contributed by atoms with Crippen LogP contribution < -0.4 is 15.5 Å². The minimum absolute atomic E-state index is 0.126. The molecular formula is C18H29N5O. The van der Waals surface area contributed by atoms with Crippen LogP contribution in [0, 0.1) is 0 Å². The highest BCUT2D eigenvalue weighted by Crippen LogP contribution is 2.15. The van der Waals surface area contributed by atoms with Gasteiger partial charge in [0.05, 0.1) is 6.54 Å². The lowest BCUT2D eigenvalue weighted by Gasteiger charge is -2.36. The number of carbonyl (C=O) groups excluding carboxylic acids is 1. The second-order valence-electron chi connectivity index (χ2n) is 5.91. The minimum atomic E-state index is 0.126. The van der Waals surface area contributed by atoms with E-state index in [1.807, 2.05) is 23.1 Å². The number of nitrogens with zero attached hydrogens (tertiary/aromatic N) is 3. The van der Waals surface area contributed by atoms with Crippen LogP contribution in [0.1, 0.15) is 19.8 Å². The van der Waals surface area contributed by atoms with Gasteiger partial charge in [-0.1, -0.05) is 31.5 Å². The summed E-state index contributed by atoms with van der Waals surface area (Å²) in [6.07, 6.45) is 2.23. The number of hydrogen-bond acceptors (Lipinski definition) is 3. The quantitative estimate of drug-likeness (QED) is 0.469. The van der Waals surface area contributed by atoms with Crippen LogP contribution in [-0.4, -0.2) is 63.1 Å². The molecule has 2 rings (SSSR count). The van der Waals surface area contributed by atoms with Crippen molar-refractivity contribution in [3.05, 3.63) is 30.3 Å². The smallest absolute Gasteiger partial charge is 0.242 e. The van der Waals surface area contributed by atoms with Gasteiger partial charge in [-0.15, -0.1) is 0 Å². The normalized spacial score (nSPS) is 15.3. The molecule has 1 aliphatic rings. The Bertz CT molecular complexity index is 523. The van der Waals surface area contributed by atoms with Crippen molar-refractivity contribution in [2.24, 2.45) is 4.99 Å². The summed E-state index contributed by atoms with van der Waals surface area (Å²) in [5.41, 5.74) is 1.23. The van der Waals surface area contributed by atoms with Crippen molar-refractivity contribution in [1.82, 2.24) is 15.5 Å². The van der Waals surface area contributed by atoms with E-state index in [4.69, 9.17) is 0 Å². The molecule has 0 atom stereocenters. The molecule has 6 nitrogen and oxygen atoms in total. The van der Waals surface area contributed by atoms with Gasteiger partial charge in [-0.2, -0.15) is 0 Å². The fourth-order valence-electron chi connectivity index (χ4n) is 2.73. The first-order valence-electron chi connectivity index (χ1n) is 8.77. The molecule has 6 heteroatoms. The Hall–Kier alpha value is -2.24. The average molecular weight is 331 g/mol. The molecule has 0 aliphatic carbocycles. The first kappa shape index (κ1) is 18.1. The monoisotopic (exact) mass is 331 g/mol. The van der Waals surface area contributed by atoms with E-state index in [0.29, 0.717) is 5.96 Å². The molecule has 24 heavy (non-hydrogen) atoms. The van der Waals surface area contributed by atoms with E-state index in [1.54, 1.807) is 7.05 Å². The van der Waals surface area contributed by atoms with Gasteiger partial charge >= 0.3 is 0 Å². The predicted octanol–water partition coefficient (Wildman–Crippen LogP) is 1.30. The number of nitrogens with one attached hydrogen (secondary N) is 2. The number of rotatable bonds is 6. The van der Waals surface area contributed by atoms with E-state index in [1.165, 1.54) is 5.69 Å². The molecule has 1 aromatic carbocycles. The first-order chi connectivity index (χ1) is 11.7. The number of benzene rings is 1. The van der Waals surface area contributed by atoms with Crippen molar-refractivity contribution in [2.75, 3.05) is 51.2 Å². The van der Waals surface area contributed by atoms with Crippen molar-refractivity contribution < 1.29 is 4.79 Å². The molecule has 0 saturated carbocycles. The van der Waals surface area contributed by atoms with E-state index in [-0.39, 0.29) is 12.5 Å². The molecule has 132 valence electrons. The van der Waals surface area contributed by atoms with Crippen molar-refractivity contribution >= 4 is 17.6 Å². The molecule has 0 spiro atoms. The Morgan fingerprint density at radius 3 is 2.46 bits per heavy atom. The highest BCUT2D eigenvalue weighted by atomic mass is 16.2. The highest BCUT2D eigenvalue weighted by molar-refractivity contribution is 5.86. The van der Waals surface area contributed by atoms with Gasteiger partial charge < -0.3 is 20.4 Å². The molecule has 1 aromatic rings. The van der Waals surface area contributed by atoms with E-state index < -0.39 is 0 Å². The van der Waals surface area contributed by atoms with Gasteiger partial charge in [-0.05, 0) is 18.6 Å². The molecule has 1 fully saturated rings. The van der Waals surface area contributed by atoms with Gasteiger partial charge in [0, 0.05) is 45.5 Å². The van der Waals surface area contributed by atoms with E-state index in [0.717, 1.165) is 45.6 Å². The van der Waals surface area contributed by atoms with Crippen LogP contribution in [0.15, 0.2) is 35.3 Å². The van der Waals surface area contributed by atoms with Crippen LogP contribution in [-0.2, 0) is 4.79 Å². The Kier molecular flexibility index (Phi) is 7.39. The van der Waals surface area contributed by atoms with Crippen LogP contribution in [0.5, 0.6) is 0 Å². The summed E-state index contributed by atoms with van der Waals surface area (Å²) >= 11 is 0. The number of para-hydroxylation sites is 1. The number of amides is 1. The zero-order valence-electron chi connectivity index (χ0n) is 14.8. The Morgan fingerprint density at radius 2 is 1.83 bits per heavy atom. The molecule has 0 aromatic heterocycles. The number of aliphatic imine (C=N–C) groups is 1. The van der Waals surface area contributed by atoms with Crippen LogP contribution in [0.25, 0.3) is 0 Å². The van der Waals surface area contributed by atoms with Crippen molar-refractivity contribution in [2.45, 2.75) is 19.8 Å². The lowest BCUT2D eigenvalue weighted by molar-refractivity contribution is -0.130. The third-order valence-corrected chi connectivity index (χ3v) is 4.21. The summed E-state index contributed by atoms with van der Waals surface area (Å²) < 4.78 is 0. The Labute approximate surface area is 144 Å². The minimum Gasteiger partial charge on any atom is -0.368 e. The Balaban J connectivity index is 1.72. The number of hydrogen-bond donors (Lipinski definition) is 2. The highest BCUT2D eigenvalue weighted by Gasteiger charge is 2.21. The fraction of sp³-hybridized carbons (Fsp3) is 0.556. The van der Waals surface area contributed by atoms with Gasteiger partial charge in [0.2, 0.25) is 5.91 Å². The standard InChI is InChI=1S/C18H29N5O/c1-3-4-10-20-18(19-2)21-15-17(24)23-13-11-22(12-14-23)16-8-6-5-7-9-16/h5-9H,3-4,10-15H2,1-2H3,(H2,19,20,21). The van der Waals surface area contributed by atoms with Crippen LogP contribution in [0.3, 0.4) is 0 Å². The summed E-state index contributed by atoms with van der Waals surface area (Å²) in [4.78, 5) is 20.7. The average Bonchev–Trinajstić information content (AvgIpc) is 2.65. The lowest BCUT2D eigenvalue weighted by Crippen LogP contribution is -2.52. The molecule has 0 bridgehead atoms. The van der Waals surface area contributed by atoms with Gasteiger partial charge in [-0.3, -0.25) is 9.79 Å². The Morgan fingerprint density at radius 1 is 1.12 bits per heavy atom. The summed E-state index contributed by atoms with van der Waals surface area (Å²) in [6.45, 7) is 6.58. The van der Waals surface area contributed by atoms with Gasteiger partial charge in [0.15, 0.2) is 5.96 Å². The largest absolute Gasteiger partial charge is 0.368 e. The van der Waals surface area contributed by atoms with E-state index >= 15 is 0 Å². The van der Waals surface area contributed by atoms with Crippen LogP contribution >= 0.6 is 0 Å². The third kappa shape index (κ3) is 5.44. The second kappa shape index (κ2) is 9.80.